The van der Waals surface area contributed by atoms with Gasteiger partial charge in [0.15, 0.2) is 0 Å². The molecule has 0 aliphatic rings. The van der Waals surface area contributed by atoms with Gasteiger partial charge in [0.2, 0.25) is 5.56 Å². The van der Waals surface area contributed by atoms with Crippen molar-refractivity contribution in [3.63, 3.8) is 0 Å². The molecule has 5 nitrogen and oxygen atoms in total. The minimum Gasteiger partial charge on any atom is -0.351 e. The van der Waals surface area contributed by atoms with E-state index in [1.807, 2.05) is 24.3 Å². The molecule has 0 saturated heterocycles. The molecular weight excluding hydrogens is 370 g/mol. The van der Waals surface area contributed by atoms with Crippen molar-refractivity contribution >= 4 is 28.8 Å². The zero-order chi connectivity index (χ0) is 18.4. The summed E-state index contributed by atoms with van der Waals surface area (Å²) in [5.41, 5.74) is 1.30. The highest BCUT2D eigenvalue weighted by molar-refractivity contribution is 7.13. The van der Waals surface area contributed by atoms with Gasteiger partial charge in [-0.3, -0.25) is 9.59 Å². The molecule has 3 aromatic rings. The second-order valence-electron chi connectivity index (χ2n) is 5.74. The lowest BCUT2D eigenvalue weighted by Crippen LogP contribution is -2.25. The summed E-state index contributed by atoms with van der Waals surface area (Å²) in [5, 5.41) is 6.02. The Morgan fingerprint density at radius 3 is 2.88 bits per heavy atom. The van der Waals surface area contributed by atoms with Crippen LogP contribution in [0.1, 0.15) is 23.3 Å². The van der Waals surface area contributed by atoms with Gasteiger partial charge in [0.25, 0.3) is 5.91 Å². The molecule has 0 unspecified atom stereocenters. The van der Waals surface area contributed by atoms with Crippen LogP contribution in [0.4, 0.5) is 0 Å². The third-order valence-electron chi connectivity index (χ3n) is 3.82. The Morgan fingerprint density at radius 2 is 2.08 bits per heavy atom. The van der Waals surface area contributed by atoms with Crippen LogP contribution in [0.15, 0.2) is 58.8 Å². The number of benzene rings is 1. The van der Waals surface area contributed by atoms with Gasteiger partial charge in [0.1, 0.15) is 10.7 Å². The van der Waals surface area contributed by atoms with Crippen LogP contribution < -0.4 is 10.9 Å². The van der Waals surface area contributed by atoms with Gasteiger partial charge in [0, 0.05) is 41.3 Å². The molecule has 0 fully saturated rings. The Kier molecular flexibility index (Phi) is 6.20. The lowest BCUT2D eigenvalue weighted by Gasteiger charge is -2.05. The number of aryl methyl sites for hydroxylation is 1. The molecule has 2 aromatic heterocycles. The van der Waals surface area contributed by atoms with Crippen LogP contribution in [-0.2, 0) is 6.54 Å². The number of carbonyl (C=O) groups excluding carboxylic acids is 1. The predicted octanol–water partition coefficient (Wildman–Crippen LogP) is 3.84. The first-order valence-corrected chi connectivity index (χ1v) is 9.54. The van der Waals surface area contributed by atoms with Gasteiger partial charge < -0.3 is 9.88 Å². The highest BCUT2D eigenvalue weighted by Gasteiger charge is 2.11. The molecule has 7 heteroatoms. The van der Waals surface area contributed by atoms with Gasteiger partial charge in [-0.15, -0.1) is 11.3 Å². The lowest BCUT2D eigenvalue weighted by atomic mass is 10.2. The van der Waals surface area contributed by atoms with Gasteiger partial charge in [0.05, 0.1) is 0 Å². The van der Waals surface area contributed by atoms with E-state index in [-0.39, 0.29) is 11.5 Å². The first kappa shape index (κ1) is 18.4. The van der Waals surface area contributed by atoms with Crippen LogP contribution in [-0.4, -0.2) is 22.0 Å². The maximum Gasteiger partial charge on any atom is 0.270 e. The highest BCUT2D eigenvalue weighted by atomic mass is 35.5. The zero-order valence-electron chi connectivity index (χ0n) is 14.0. The number of amides is 1. The molecule has 0 aliphatic heterocycles. The molecule has 0 radical (unpaired) electrons. The second-order valence-corrected chi connectivity index (χ2v) is 7.04. The number of hydrogen-bond donors (Lipinski definition) is 1. The van der Waals surface area contributed by atoms with E-state index in [1.165, 1.54) is 11.3 Å². The fourth-order valence-corrected chi connectivity index (χ4v) is 3.46. The Morgan fingerprint density at radius 1 is 1.19 bits per heavy atom. The van der Waals surface area contributed by atoms with Crippen molar-refractivity contribution in [1.29, 1.82) is 0 Å². The molecule has 0 bridgehead atoms. The van der Waals surface area contributed by atoms with Gasteiger partial charge in [-0.05, 0) is 31.0 Å². The molecule has 0 saturated carbocycles. The van der Waals surface area contributed by atoms with Gasteiger partial charge in [-0.2, -0.15) is 0 Å². The maximum absolute atomic E-state index is 12.2. The summed E-state index contributed by atoms with van der Waals surface area (Å²) in [6, 6.07) is 12.5. The highest BCUT2D eigenvalue weighted by Crippen LogP contribution is 2.25. The Balaban J connectivity index is 1.47. The van der Waals surface area contributed by atoms with E-state index in [2.05, 4.69) is 10.3 Å². The Hall–Kier alpha value is -2.44. The molecule has 1 amide bonds. The number of pyridine rings is 1. The van der Waals surface area contributed by atoms with Gasteiger partial charge >= 0.3 is 0 Å². The van der Waals surface area contributed by atoms with Crippen molar-refractivity contribution in [2.75, 3.05) is 6.54 Å². The molecule has 3 rings (SSSR count). The largest absolute Gasteiger partial charge is 0.351 e. The van der Waals surface area contributed by atoms with E-state index >= 15 is 0 Å². The predicted molar refractivity (Wildman–Crippen MR) is 105 cm³/mol. The normalized spacial score (nSPS) is 10.7. The van der Waals surface area contributed by atoms with Crippen LogP contribution in [0.2, 0.25) is 5.02 Å². The molecule has 0 spiro atoms. The quantitative estimate of drug-likeness (QED) is 0.626. The summed E-state index contributed by atoms with van der Waals surface area (Å²) in [6.45, 7) is 1.19. The molecule has 1 aromatic carbocycles. The van der Waals surface area contributed by atoms with Crippen molar-refractivity contribution in [3.8, 4) is 10.6 Å². The van der Waals surface area contributed by atoms with Crippen molar-refractivity contribution in [2.24, 2.45) is 0 Å². The number of aromatic nitrogens is 2. The zero-order valence-corrected chi connectivity index (χ0v) is 15.6. The van der Waals surface area contributed by atoms with E-state index in [9.17, 15) is 9.59 Å². The maximum atomic E-state index is 12.2. The number of nitrogens with zero attached hydrogens (tertiary/aromatic N) is 2. The fraction of sp³-hybridized carbons (Fsp3) is 0.211. The number of rotatable bonds is 7. The van der Waals surface area contributed by atoms with Crippen molar-refractivity contribution in [3.05, 3.63) is 75.1 Å². The summed E-state index contributed by atoms with van der Waals surface area (Å²) in [6.07, 6.45) is 3.38. The number of halogens is 1. The molecule has 134 valence electrons. The average Bonchev–Trinajstić information content (AvgIpc) is 3.13. The number of nitrogens with one attached hydrogen (secondary N) is 1. The molecule has 26 heavy (non-hydrogen) atoms. The Bertz CT molecular complexity index is 951. The SMILES string of the molecule is O=C(NCCCCn1ccccc1=O)c1csc(-c2cccc(Cl)c2)n1. The lowest BCUT2D eigenvalue weighted by molar-refractivity contribution is 0.0948. The van der Waals surface area contributed by atoms with Crippen molar-refractivity contribution in [2.45, 2.75) is 19.4 Å². The number of unbranched alkanes of at least 4 members (excludes halogenated alkanes) is 1. The van der Waals surface area contributed by atoms with E-state index in [4.69, 9.17) is 11.6 Å². The minimum atomic E-state index is -0.189. The van der Waals surface area contributed by atoms with Crippen LogP contribution in [0, 0.1) is 0 Å². The third kappa shape index (κ3) is 4.80. The van der Waals surface area contributed by atoms with Gasteiger partial charge in [-0.1, -0.05) is 29.8 Å². The van der Waals surface area contributed by atoms with E-state index < -0.39 is 0 Å². The summed E-state index contributed by atoms with van der Waals surface area (Å²) in [7, 11) is 0. The van der Waals surface area contributed by atoms with E-state index in [0.29, 0.717) is 23.8 Å². The molecule has 2 heterocycles. The monoisotopic (exact) mass is 387 g/mol. The fourth-order valence-electron chi connectivity index (χ4n) is 2.48. The smallest absolute Gasteiger partial charge is 0.270 e. The number of hydrogen-bond acceptors (Lipinski definition) is 4. The average molecular weight is 388 g/mol. The number of thiazole rings is 1. The topological polar surface area (TPSA) is 64.0 Å². The van der Waals surface area contributed by atoms with E-state index in [1.54, 1.807) is 34.3 Å². The van der Waals surface area contributed by atoms with Crippen LogP contribution in [0.25, 0.3) is 10.6 Å². The van der Waals surface area contributed by atoms with Gasteiger partial charge in [-0.25, -0.2) is 4.98 Å². The van der Waals surface area contributed by atoms with E-state index in [0.717, 1.165) is 23.4 Å². The minimum absolute atomic E-state index is 0.00689. The summed E-state index contributed by atoms with van der Waals surface area (Å²) in [4.78, 5) is 28.2. The summed E-state index contributed by atoms with van der Waals surface area (Å²) in [5.74, 6) is -0.189. The second kappa shape index (κ2) is 8.78. The molecular formula is C19H18ClN3O2S. The molecule has 1 N–H and O–H groups in total. The van der Waals surface area contributed by atoms with Crippen LogP contribution >= 0.6 is 22.9 Å². The Labute approximate surface area is 160 Å². The number of carbonyl (C=O) groups is 1. The summed E-state index contributed by atoms with van der Waals surface area (Å²) >= 11 is 7.41. The molecule has 0 aliphatic carbocycles. The summed E-state index contributed by atoms with van der Waals surface area (Å²) < 4.78 is 1.67. The van der Waals surface area contributed by atoms with Crippen molar-refractivity contribution < 1.29 is 4.79 Å². The standard InChI is InChI=1S/C19H18ClN3O2S/c20-15-7-5-6-14(12-15)19-22-16(13-26-19)18(25)21-9-2-4-11-23-10-3-1-8-17(23)24/h1,3,5-8,10,12-13H,2,4,9,11H2,(H,21,25). The third-order valence-corrected chi connectivity index (χ3v) is 4.95. The molecule has 0 atom stereocenters. The first-order valence-electron chi connectivity index (χ1n) is 8.28. The first-order chi connectivity index (χ1) is 12.6. The van der Waals surface area contributed by atoms with Crippen LogP contribution in [0.5, 0.6) is 0 Å². The van der Waals surface area contributed by atoms with Crippen molar-refractivity contribution in [1.82, 2.24) is 14.9 Å². The van der Waals surface area contributed by atoms with Crippen LogP contribution in [0.3, 0.4) is 0 Å².